The fourth-order valence-electron chi connectivity index (χ4n) is 3.59. The van der Waals surface area contributed by atoms with E-state index in [-0.39, 0.29) is 6.29 Å². The number of hydrogen-bond donors (Lipinski definition) is 0. The molecule has 2 aromatic rings. The molecule has 0 aliphatic carbocycles. The predicted molar refractivity (Wildman–Crippen MR) is 111 cm³/mol. The summed E-state index contributed by atoms with van der Waals surface area (Å²) < 4.78 is 19.6. The van der Waals surface area contributed by atoms with Crippen LogP contribution in [0.5, 0.6) is 11.5 Å². The summed E-state index contributed by atoms with van der Waals surface area (Å²) in [5.41, 5.74) is 2.66. The highest BCUT2D eigenvalue weighted by Gasteiger charge is 2.19. The highest BCUT2D eigenvalue weighted by Crippen LogP contribution is 2.31. The van der Waals surface area contributed by atoms with Gasteiger partial charge in [-0.3, -0.25) is 4.68 Å². The second kappa shape index (κ2) is 10.8. The smallest absolute Gasteiger partial charge is 0.171 e. The van der Waals surface area contributed by atoms with Crippen molar-refractivity contribution in [3.63, 3.8) is 0 Å². The summed E-state index contributed by atoms with van der Waals surface area (Å²) in [5, 5.41) is 23.2. The molecule has 0 bridgehead atoms. The van der Waals surface area contributed by atoms with Gasteiger partial charge < -0.3 is 14.2 Å². The molecule has 2 heterocycles. The molecule has 1 aliphatic heterocycles. The molecule has 1 atom stereocenters. The van der Waals surface area contributed by atoms with Gasteiger partial charge in [0, 0.05) is 13.2 Å². The molecule has 158 valence electrons. The van der Waals surface area contributed by atoms with E-state index in [0.29, 0.717) is 23.5 Å². The predicted octanol–water partition coefficient (Wildman–Crippen LogP) is 4.48. The van der Waals surface area contributed by atoms with E-state index in [0.717, 1.165) is 68.8 Å². The largest absolute Gasteiger partial charge is 0.453 e. The minimum atomic E-state index is -0.0751. The van der Waals surface area contributed by atoms with Crippen molar-refractivity contribution in [3.05, 3.63) is 40.7 Å². The lowest BCUT2D eigenvalue weighted by Gasteiger charge is -2.22. The Bertz CT molecular complexity index is 901. The van der Waals surface area contributed by atoms with E-state index >= 15 is 0 Å². The Labute approximate surface area is 177 Å². The van der Waals surface area contributed by atoms with Crippen LogP contribution in [0.3, 0.4) is 0 Å². The first-order valence-electron chi connectivity index (χ1n) is 10.6. The van der Waals surface area contributed by atoms with Gasteiger partial charge in [0.15, 0.2) is 12.0 Å². The molecule has 0 spiro atoms. The van der Waals surface area contributed by atoms with Crippen LogP contribution in [-0.4, -0.2) is 29.3 Å². The molecular formula is C23H28N4O3. The van der Waals surface area contributed by atoms with Crippen molar-refractivity contribution in [1.82, 2.24) is 9.78 Å². The Kier molecular flexibility index (Phi) is 7.84. The van der Waals surface area contributed by atoms with E-state index in [9.17, 15) is 10.5 Å². The van der Waals surface area contributed by atoms with E-state index in [1.165, 1.54) is 0 Å². The van der Waals surface area contributed by atoms with Crippen molar-refractivity contribution < 1.29 is 14.2 Å². The maximum atomic E-state index is 9.22. The lowest BCUT2D eigenvalue weighted by atomic mass is 10.1. The molecule has 7 nitrogen and oxygen atoms in total. The Morgan fingerprint density at radius 1 is 1.13 bits per heavy atom. The lowest BCUT2D eigenvalue weighted by Crippen LogP contribution is -2.23. The Morgan fingerprint density at radius 2 is 1.90 bits per heavy atom. The van der Waals surface area contributed by atoms with E-state index in [1.807, 2.05) is 11.6 Å². The van der Waals surface area contributed by atoms with Crippen LogP contribution in [0.15, 0.2) is 18.2 Å². The van der Waals surface area contributed by atoms with Crippen molar-refractivity contribution in [3.8, 4) is 23.6 Å². The average Bonchev–Trinajstić information content (AvgIpc) is 3.13. The maximum absolute atomic E-state index is 9.22. The number of benzene rings is 1. The molecule has 1 saturated heterocycles. The first kappa shape index (κ1) is 21.8. The molecule has 1 aliphatic rings. The van der Waals surface area contributed by atoms with Gasteiger partial charge in [-0.2, -0.15) is 15.6 Å². The third-order valence-electron chi connectivity index (χ3n) is 5.09. The second-order valence-electron chi connectivity index (χ2n) is 7.24. The minimum absolute atomic E-state index is 0.0751. The number of rotatable bonds is 9. The van der Waals surface area contributed by atoms with E-state index in [2.05, 4.69) is 19.1 Å². The molecule has 0 radical (unpaired) electrons. The topological polar surface area (TPSA) is 93.1 Å². The number of hydrogen-bond acceptors (Lipinski definition) is 6. The third kappa shape index (κ3) is 5.38. The number of aromatic nitrogens is 2. The first-order valence-corrected chi connectivity index (χ1v) is 10.6. The Hall–Kier alpha value is -2.87. The van der Waals surface area contributed by atoms with Crippen molar-refractivity contribution in [2.75, 3.05) is 13.2 Å². The Morgan fingerprint density at radius 3 is 2.50 bits per heavy atom. The highest BCUT2D eigenvalue weighted by atomic mass is 16.7. The molecule has 1 fully saturated rings. The molecule has 0 N–H and O–H groups in total. The quantitative estimate of drug-likeness (QED) is 0.568. The van der Waals surface area contributed by atoms with Gasteiger partial charge in [-0.05, 0) is 56.7 Å². The van der Waals surface area contributed by atoms with Crippen molar-refractivity contribution >= 4 is 0 Å². The minimum Gasteiger partial charge on any atom is -0.453 e. The molecule has 30 heavy (non-hydrogen) atoms. The zero-order chi connectivity index (χ0) is 21.3. The third-order valence-corrected chi connectivity index (χ3v) is 5.09. The van der Waals surface area contributed by atoms with Crippen LogP contribution in [0.1, 0.15) is 62.0 Å². The van der Waals surface area contributed by atoms with Crippen LogP contribution in [0.2, 0.25) is 0 Å². The standard InChI is InChI=1S/C23H28N4O3/c1-3-20-23(30-19-13-17(15-24)12-18(14-19)16-25)21(4-2)27(26-20)9-7-11-29-22-8-5-6-10-28-22/h12-14,22H,3-11H2,1-2H3. The van der Waals surface area contributed by atoms with Gasteiger partial charge in [-0.15, -0.1) is 0 Å². The summed E-state index contributed by atoms with van der Waals surface area (Å²) >= 11 is 0. The van der Waals surface area contributed by atoms with E-state index in [1.54, 1.807) is 18.2 Å². The molecule has 3 rings (SSSR count). The number of ether oxygens (including phenoxy) is 3. The van der Waals surface area contributed by atoms with Gasteiger partial charge in [-0.25, -0.2) is 0 Å². The molecule has 1 unspecified atom stereocenters. The zero-order valence-corrected chi connectivity index (χ0v) is 17.7. The van der Waals surface area contributed by atoms with Crippen LogP contribution in [-0.2, 0) is 28.9 Å². The van der Waals surface area contributed by atoms with Crippen molar-refractivity contribution in [2.24, 2.45) is 0 Å². The van der Waals surface area contributed by atoms with Gasteiger partial charge in [0.2, 0.25) is 0 Å². The fraction of sp³-hybridized carbons (Fsp3) is 0.522. The van der Waals surface area contributed by atoms with Crippen LogP contribution in [0.25, 0.3) is 0 Å². The SMILES string of the molecule is CCc1nn(CCCOC2CCCCO2)c(CC)c1Oc1cc(C#N)cc(C#N)c1. The summed E-state index contributed by atoms with van der Waals surface area (Å²) in [5.74, 6) is 1.20. The number of aryl methyl sites for hydroxylation is 2. The summed E-state index contributed by atoms with van der Waals surface area (Å²) in [4.78, 5) is 0. The van der Waals surface area contributed by atoms with Gasteiger partial charge in [0.1, 0.15) is 11.4 Å². The second-order valence-corrected chi connectivity index (χ2v) is 7.24. The molecule has 1 aromatic heterocycles. The molecule has 0 amide bonds. The summed E-state index contributed by atoms with van der Waals surface area (Å²) in [6.07, 6.45) is 5.48. The van der Waals surface area contributed by atoms with Crippen LogP contribution >= 0.6 is 0 Å². The van der Waals surface area contributed by atoms with Gasteiger partial charge >= 0.3 is 0 Å². The fourth-order valence-corrected chi connectivity index (χ4v) is 3.59. The van der Waals surface area contributed by atoms with Crippen molar-refractivity contribution in [1.29, 1.82) is 10.5 Å². The van der Waals surface area contributed by atoms with E-state index < -0.39 is 0 Å². The summed E-state index contributed by atoms with van der Waals surface area (Å²) in [7, 11) is 0. The van der Waals surface area contributed by atoms with Gasteiger partial charge in [-0.1, -0.05) is 13.8 Å². The average molecular weight is 409 g/mol. The molecular weight excluding hydrogens is 380 g/mol. The van der Waals surface area contributed by atoms with Crippen LogP contribution in [0, 0.1) is 22.7 Å². The Balaban J connectivity index is 1.71. The highest BCUT2D eigenvalue weighted by molar-refractivity contribution is 5.48. The molecule has 0 saturated carbocycles. The first-order chi connectivity index (χ1) is 14.7. The zero-order valence-electron chi connectivity index (χ0n) is 17.7. The van der Waals surface area contributed by atoms with Gasteiger partial charge in [0.25, 0.3) is 0 Å². The lowest BCUT2D eigenvalue weighted by molar-refractivity contribution is -0.163. The maximum Gasteiger partial charge on any atom is 0.171 e. The van der Waals surface area contributed by atoms with Crippen LogP contribution in [0.4, 0.5) is 0 Å². The monoisotopic (exact) mass is 408 g/mol. The number of nitriles is 2. The van der Waals surface area contributed by atoms with E-state index in [4.69, 9.17) is 19.3 Å². The molecule has 1 aromatic carbocycles. The summed E-state index contributed by atoms with van der Waals surface area (Å²) in [6, 6.07) is 9.00. The molecule has 7 heteroatoms. The van der Waals surface area contributed by atoms with Crippen molar-refractivity contribution in [2.45, 2.75) is 65.2 Å². The summed E-state index contributed by atoms with van der Waals surface area (Å²) in [6.45, 7) is 6.24. The van der Waals surface area contributed by atoms with Gasteiger partial charge in [0.05, 0.1) is 35.6 Å². The number of nitrogens with zero attached hydrogens (tertiary/aromatic N) is 4. The normalized spacial score (nSPS) is 16.1. The van der Waals surface area contributed by atoms with Crippen LogP contribution < -0.4 is 4.74 Å².